The van der Waals surface area contributed by atoms with Gasteiger partial charge in [0.05, 0.1) is 5.52 Å². The number of pyridine rings is 1. The minimum absolute atomic E-state index is 0.366. The van der Waals surface area contributed by atoms with E-state index in [0.29, 0.717) is 12.0 Å². The van der Waals surface area contributed by atoms with E-state index in [0.717, 1.165) is 26.8 Å². The van der Waals surface area contributed by atoms with Crippen LogP contribution in [0.15, 0.2) is 16.7 Å². The molecule has 2 heterocycles. The van der Waals surface area contributed by atoms with Crippen LogP contribution in [0.3, 0.4) is 0 Å². The van der Waals surface area contributed by atoms with Crippen molar-refractivity contribution >= 4 is 39.3 Å². The standard InChI is InChI=1S/C12H16BrN3S/c1-7(2)4-8(3)16-11-10(15-12(16)17)5-9(13)6-14-11/h5-8H,4H2,1-3H3,(H,15,17). The van der Waals surface area contributed by atoms with Crippen molar-refractivity contribution in [2.45, 2.75) is 33.2 Å². The second-order valence-electron chi connectivity index (χ2n) is 4.80. The van der Waals surface area contributed by atoms with Crippen molar-refractivity contribution in [2.24, 2.45) is 5.92 Å². The number of fused-ring (bicyclic) bond motifs is 1. The molecule has 0 radical (unpaired) electrons. The number of halogens is 1. The zero-order valence-electron chi connectivity index (χ0n) is 10.2. The molecule has 5 heteroatoms. The average molecular weight is 314 g/mol. The first-order valence-corrected chi connectivity index (χ1v) is 6.95. The maximum absolute atomic E-state index is 5.38. The lowest BCUT2D eigenvalue weighted by Crippen LogP contribution is -2.08. The Labute approximate surface area is 114 Å². The zero-order chi connectivity index (χ0) is 12.6. The van der Waals surface area contributed by atoms with E-state index in [4.69, 9.17) is 12.2 Å². The summed E-state index contributed by atoms with van der Waals surface area (Å²) >= 11 is 8.80. The Hall–Kier alpha value is -0.680. The zero-order valence-corrected chi connectivity index (χ0v) is 12.6. The lowest BCUT2D eigenvalue weighted by atomic mass is 10.1. The Morgan fingerprint density at radius 3 is 2.82 bits per heavy atom. The Morgan fingerprint density at radius 2 is 2.18 bits per heavy atom. The van der Waals surface area contributed by atoms with Crippen molar-refractivity contribution < 1.29 is 0 Å². The fraction of sp³-hybridized carbons (Fsp3) is 0.500. The average Bonchev–Trinajstić information content (AvgIpc) is 2.51. The van der Waals surface area contributed by atoms with E-state index in [2.05, 4.69) is 51.2 Å². The number of aromatic amines is 1. The molecule has 0 bridgehead atoms. The summed E-state index contributed by atoms with van der Waals surface area (Å²) in [5.41, 5.74) is 1.92. The highest BCUT2D eigenvalue weighted by Gasteiger charge is 2.13. The third-order valence-corrected chi connectivity index (χ3v) is 3.51. The number of hydrogen-bond acceptors (Lipinski definition) is 2. The molecule has 3 nitrogen and oxygen atoms in total. The minimum Gasteiger partial charge on any atom is -0.329 e. The number of imidazole rings is 1. The summed E-state index contributed by atoms with van der Waals surface area (Å²) in [4.78, 5) is 7.66. The van der Waals surface area contributed by atoms with Crippen LogP contribution in [0.1, 0.15) is 33.2 Å². The third-order valence-electron chi connectivity index (χ3n) is 2.78. The molecule has 0 saturated heterocycles. The van der Waals surface area contributed by atoms with Crippen LogP contribution in [-0.2, 0) is 0 Å². The van der Waals surface area contributed by atoms with Crippen molar-refractivity contribution in [1.29, 1.82) is 0 Å². The second-order valence-corrected chi connectivity index (χ2v) is 6.11. The summed E-state index contributed by atoms with van der Waals surface area (Å²) in [6, 6.07) is 2.38. The summed E-state index contributed by atoms with van der Waals surface area (Å²) in [7, 11) is 0. The molecule has 17 heavy (non-hydrogen) atoms. The molecule has 0 aliphatic carbocycles. The topological polar surface area (TPSA) is 33.6 Å². The molecule has 0 aromatic carbocycles. The van der Waals surface area contributed by atoms with Crippen LogP contribution in [-0.4, -0.2) is 14.5 Å². The van der Waals surface area contributed by atoms with Gasteiger partial charge in [-0.05, 0) is 53.5 Å². The van der Waals surface area contributed by atoms with Crippen molar-refractivity contribution in [3.05, 3.63) is 21.5 Å². The fourth-order valence-electron chi connectivity index (χ4n) is 2.18. The van der Waals surface area contributed by atoms with Crippen molar-refractivity contribution in [3.63, 3.8) is 0 Å². The number of hydrogen-bond donors (Lipinski definition) is 1. The molecule has 1 N–H and O–H groups in total. The van der Waals surface area contributed by atoms with Gasteiger partial charge in [0.2, 0.25) is 0 Å². The van der Waals surface area contributed by atoms with Gasteiger partial charge in [-0.25, -0.2) is 4.98 Å². The molecule has 0 aliphatic heterocycles. The van der Waals surface area contributed by atoms with Gasteiger partial charge in [-0.1, -0.05) is 13.8 Å². The highest BCUT2D eigenvalue weighted by Crippen LogP contribution is 2.24. The van der Waals surface area contributed by atoms with Gasteiger partial charge < -0.3 is 4.98 Å². The van der Waals surface area contributed by atoms with Gasteiger partial charge in [0.1, 0.15) is 0 Å². The molecule has 0 spiro atoms. The molecule has 1 unspecified atom stereocenters. The SMILES string of the molecule is CC(C)CC(C)n1c(=S)[nH]c2cc(Br)cnc21. The van der Waals surface area contributed by atoms with E-state index in [1.807, 2.05) is 12.3 Å². The molecule has 0 saturated carbocycles. The van der Waals surface area contributed by atoms with Gasteiger partial charge in [0.15, 0.2) is 10.4 Å². The number of H-pyrrole nitrogens is 1. The van der Waals surface area contributed by atoms with E-state index in [-0.39, 0.29) is 0 Å². The normalized spacial score (nSPS) is 13.5. The minimum atomic E-state index is 0.366. The summed E-state index contributed by atoms with van der Waals surface area (Å²) < 4.78 is 3.82. The van der Waals surface area contributed by atoms with Crippen LogP contribution in [0.5, 0.6) is 0 Å². The van der Waals surface area contributed by atoms with Crippen molar-refractivity contribution in [2.75, 3.05) is 0 Å². The largest absolute Gasteiger partial charge is 0.329 e. The Kier molecular flexibility index (Phi) is 3.68. The van der Waals surface area contributed by atoms with Crippen LogP contribution < -0.4 is 0 Å². The molecule has 0 aliphatic rings. The van der Waals surface area contributed by atoms with Gasteiger partial charge in [0, 0.05) is 16.7 Å². The molecular formula is C12H16BrN3S. The number of nitrogens with zero attached hydrogens (tertiary/aromatic N) is 2. The molecule has 1 atom stereocenters. The Bertz CT molecular complexity index is 585. The van der Waals surface area contributed by atoms with Gasteiger partial charge in [0.25, 0.3) is 0 Å². The maximum Gasteiger partial charge on any atom is 0.179 e. The summed E-state index contributed by atoms with van der Waals surface area (Å²) in [6.07, 6.45) is 2.91. The van der Waals surface area contributed by atoms with E-state index >= 15 is 0 Å². The summed E-state index contributed by atoms with van der Waals surface area (Å²) in [5, 5.41) is 0. The number of rotatable bonds is 3. The predicted octanol–water partition coefficient (Wildman–Crippen LogP) is 4.46. The van der Waals surface area contributed by atoms with Crippen molar-refractivity contribution in [3.8, 4) is 0 Å². The van der Waals surface area contributed by atoms with E-state index in [9.17, 15) is 0 Å². The first kappa shape index (κ1) is 12.8. The first-order valence-electron chi connectivity index (χ1n) is 5.74. The summed E-state index contributed by atoms with van der Waals surface area (Å²) in [5.74, 6) is 0.646. The van der Waals surface area contributed by atoms with Gasteiger partial charge in [-0.2, -0.15) is 0 Å². The van der Waals surface area contributed by atoms with Crippen LogP contribution >= 0.6 is 28.1 Å². The number of aromatic nitrogens is 3. The van der Waals surface area contributed by atoms with Gasteiger partial charge in [-0.3, -0.25) is 4.57 Å². The van der Waals surface area contributed by atoms with Gasteiger partial charge in [-0.15, -0.1) is 0 Å². The number of nitrogens with one attached hydrogen (secondary N) is 1. The van der Waals surface area contributed by atoms with Crippen molar-refractivity contribution in [1.82, 2.24) is 14.5 Å². The Balaban J connectivity index is 2.53. The lowest BCUT2D eigenvalue weighted by Gasteiger charge is -2.16. The van der Waals surface area contributed by atoms with E-state index < -0.39 is 0 Å². The van der Waals surface area contributed by atoms with E-state index in [1.165, 1.54) is 0 Å². The van der Waals surface area contributed by atoms with Gasteiger partial charge >= 0.3 is 0 Å². The summed E-state index contributed by atoms with van der Waals surface area (Å²) in [6.45, 7) is 6.63. The molecule has 2 aromatic rings. The smallest absolute Gasteiger partial charge is 0.179 e. The highest BCUT2D eigenvalue weighted by molar-refractivity contribution is 9.10. The molecule has 2 aromatic heterocycles. The highest BCUT2D eigenvalue weighted by atomic mass is 79.9. The molecule has 0 fully saturated rings. The van der Waals surface area contributed by atoms with Crippen LogP contribution in [0.25, 0.3) is 11.2 Å². The lowest BCUT2D eigenvalue weighted by molar-refractivity contribution is 0.431. The molecular weight excluding hydrogens is 298 g/mol. The predicted molar refractivity (Wildman–Crippen MR) is 76.8 cm³/mol. The third kappa shape index (κ3) is 2.60. The maximum atomic E-state index is 5.38. The molecule has 92 valence electrons. The molecule has 2 rings (SSSR count). The fourth-order valence-corrected chi connectivity index (χ4v) is 2.89. The van der Waals surface area contributed by atoms with Crippen LogP contribution in [0, 0.1) is 10.7 Å². The van der Waals surface area contributed by atoms with Crippen LogP contribution in [0.4, 0.5) is 0 Å². The van der Waals surface area contributed by atoms with Crippen LogP contribution in [0.2, 0.25) is 0 Å². The second kappa shape index (κ2) is 4.90. The quantitative estimate of drug-likeness (QED) is 0.848. The van der Waals surface area contributed by atoms with E-state index in [1.54, 1.807) is 0 Å². The molecule has 0 amide bonds. The monoisotopic (exact) mass is 313 g/mol. The first-order chi connectivity index (χ1) is 7.99. The Morgan fingerprint density at radius 1 is 1.47 bits per heavy atom.